The van der Waals surface area contributed by atoms with Gasteiger partial charge in [0.2, 0.25) is 0 Å². The molecule has 1 aliphatic heterocycles. The molecule has 3 nitrogen and oxygen atoms in total. The molecule has 17 heavy (non-hydrogen) atoms. The summed E-state index contributed by atoms with van der Waals surface area (Å²) in [6, 6.07) is 0. The van der Waals surface area contributed by atoms with E-state index in [1.54, 1.807) is 0 Å². The first kappa shape index (κ1) is 13.3. The minimum absolute atomic E-state index is 0.258. The quantitative estimate of drug-likeness (QED) is 0.823. The van der Waals surface area contributed by atoms with E-state index in [4.69, 9.17) is 9.47 Å². The van der Waals surface area contributed by atoms with Crippen molar-refractivity contribution in [2.45, 2.75) is 76.8 Å². The van der Waals surface area contributed by atoms with Gasteiger partial charge < -0.3 is 14.6 Å². The largest absolute Gasteiger partial charge is 0.390 e. The molecular formula is C14H26O3. The molecular weight excluding hydrogens is 216 g/mol. The summed E-state index contributed by atoms with van der Waals surface area (Å²) in [5.41, 5.74) is 0. The van der Waals surface area contributed by atoms with E-state index in [-0.39, 0.29) is 24.4 Å². The summed E-state index contributed by atoms with van der Waals surface area (Å²) in [6.45, 7) is 4.70. The highest BCUT2D eigenvalue weighted by Crippen LogP contribution is 2.28. The van der Waals surface area contributed by atoms with Crippen LogP contribution in [0.25, 0.3) is 0 Å². The van der Waals surface area contributed by atoms with Gasteiger partial charge in [-0.15, -0.1) is 0 Å². The van der Waals surface area contributed by atoms with Crippen molar-refractivity contribution in [3.05, 3.63) is 0 Å². The highest BCUT2D eigenvalue weighted by molar-refractivity contribution is 4.77. The third kappa shape index (κ3) is 3.94. The zero-order valence-corrected chi connectivity index (χ0v) is 11.1. The first-order chi connectivity index (χ1) is 8.15. The van der Waals surface area contributed by atoms with Crippen LogP contribution in [0.15, 0.2) is 0 Å². The van der Waals surface area contributed by atoms with Crippen LogP contribution in [0, 0.1) is 5.92 Å². The summed E-state index contributed by atoms with van der Waals surface area (Å²) in [7, 11) is 0. The molecule has 2 rings (SSSR count). The van der Waals surface area contributed by atoms with Gasteiger partial charge in [0.25, 0.3) is 0 Å². The minimum atomic E-state index is -0.258. The minimum Gasteiger partial charge on any atom is -0.390 e. The van der Waals surface area contributed by atoms with Crippen LogP contribution in [0.2, 0.25) is 0 Å². The van der Waals surface area contributed by atoms with Crippen LogP contribution in [-0.4, -0.2) is 36.1 Å². The Morgan fingerprint density at radius 1 is 1.18 bits per heavy atom. The first-order valence-corrected chi connectivity index (χ1v) is 7.10. The van der Waals surface area contributed by atoms with E-state index < -0.39 is 0 Å². The van der Waals surface area contributed by atoms with E-state index in [1.165, 1.54) is 25.7 Å². The number of rotatable bonds is 4. The maximum absolute atomic E-state index is 10.1. The number of hydrogen-bond donors (Lipinski definition) is 1. The monoisotopic (exact) mass is 242 g/mol. The van der Waals surface area contributed by atoms with Gasteiger partial charge in [0.15, 0.2) is 0 Å². The lowest BCUT2D eigenvalue weighted by Gasteiger charge is -2.32. The fourth-order valence-corrected chi connectivity index (χ4v) is 3.19. The second-order valence-corrected chi connectivity index (χ2v) is 5.80. The molecule has 0 aromatic heterocycles. The Morgan fingerprint density at radius 2 is 1.76 bits per heavy atom. The zero-order chi connectivity index (χ0) is 12.3. The van der Waals surface area contributed by atoms with Crippen molar-refractivity contribution in [1.82, 2.24) is 0 Å². The molecule has 3 unspecified atom stereocenters. The molecule has 2 fully saturated rings. The summed E-state index contributed by atoms with van der Waals surface area (Å²) in [6.07, 6.45) is 7.38. The van der Waals surface area contributed by atoms with Crippen LogP contribution in [0.5, 0.6) is 0 Å². The Hall–Kier alpha value is -0.120. The second-order valence-electron chi connectivity index (χ2n) is 5.80. The van der Waals surface area contributed by atoms with Crippen LogP contribution in [0.3, 0.4) is 0 Å². The maximum Gasteiger partial charge on any atom is 0.0801 e. The Bertz CT molecular complexity index is 216. The molecule has 0 radical (unpaired) electrons. The molecule has 1 N–H and O–H groups in total. The summed E-state index contributed by atoms with van der Waals surface area (Å²) in [5, 5.41) is 10.1. The molecule has 3 atom stereocenters. The average molecular weight is 242 g/mol. The lowest BCUT2D eigenvalue weighted by Crippen LogP contribution is -2.36. The van der Waals surface area contributed by atoms with E-state index in [9.17, 15) is 5.11 Å². The van der Waals surface area contributed by atoms with E-state index in [1.807, 2.05) is 0 Å². The van der Waals surface area contributed by atoms with E-state index in [2.05, 4.69) is 13.8 Å². The van der Waals surface area contributed by atoms with Gasteiger partial charge >= 0.3 is 0 Å². The molecule has 0 aromatic carbocycles. The van der Waals surface area contributed by atoms with Crippen LogP contribution < -0.4 is 0 Å². The predicted octanol–water partition coefficient (Wildman–Crippen LogP) is 2.51. The van der Waals surface area contributed by atoms with E-state index >= 15 is 0 Å². The third-order valence-electron chi connectivity index (χ3n) is 4.10. The standard InChI is InChI=1S/C14H26O3/c1-10-7-13(8-11(2)17-10)16-9-14(15)12-5-3-4-6-12/h10-15H,3-9H2,1-2H3. The molecule has 0 aromatic rings. The molecule has 0 spiro atoms. The van der Waals surface area contributed by atoms with Gasteiger partial charge in [-0.2, -0.15) is 0 Å². The maximum atomic E-state index is 10.1. The molecule has 3 heteroatoms. The first-order valence-electron chi connectivity index (χ1n) is 7.10. The lowest BCUT2D eigenvalue weighted by molar-refractivity contribution is -0.117. The smallest absolute Gasteiger partial charge is 0.0801 e. The van der Waals surface area contributed by atoms with Crippen molar-refractivity contribution in [2.24, 2.45) is 5.92 Å². The van der Waals surface area contributed by atoms with Crippen molar-refractivity contribution in [1.29, 1.82) is 0 Å². The van der Waals surface area contributed by atoms with Crippen LogP contribution >= 0.6 is 0 Å². The average Bonchev–Trinajstić information content (AvgIpc) is 2.78. The molecule has 100 valence electrons. The van der Waals surface area contributed by atoms with Gasteiger partial charge in [-0.25, -0.2) is 0 Å². The summed E-state index contributed by atoms with van der Waals surface area (Å²) >= 11 is 0. The van der Waals surface area contributed by atoms with E-state index in [0.717, 1.165) is 12.8 Å². The van der Waals surface area contributed by atoms with Gasteiger partial charge in [0.1, 0.15) is 0 Å². The fraction of sp³-hybridized carbons (Fsp3) is 1.00. The number of hydrogen-bond acceptors (Lipinski definition) is 3. The lowest BCUT2D eigenvalue weighted by atomic mass is 10.0. The highest BCUT2D eigenvalue weighted by Gasteiger charge is 2.28. The van der Waals surface area contributed by atoms with Crippen LogP contribution in [0.4, 0.5) is 0 Å². The molecule has 0 bridgehead atoms. The van der Waals surface area contributed by atoms with E-state index in [0.29, 0.717) is 12.5 Å². The number of ether oxygens (including phenoxy) is 2. The Labute approximate surface area is 104 Å². The molecule has 1 saturated carbocycles. The second kappa shape index (κ2) is 6.17. The van der Waals surface area contributed by atoms with Crippen molar-refractivity contribution < 1.29 is 14.6 Å². The molecule has 1 saturated heterocycles. The van der Waals surface area contributed by atoms with Gasteiger partial charge in [-0.1, -0.05) is 12.8 Å². The SMILES string of the molecule is CC1CC(OCC(O)C2CCCC2)CC(C)O1. The molecule has 2 aliphatic rings. The molecule has 1 aliphatic carbocycles. The molecule has 0 amide bonds. The summed E-state index contributed by atoms with van der Waals surface area (Å²) < 4.78 is 11.5. The van der Waals surface area contributed by atoms with Gasteiger partial charge in [0, 0.05) is 0 Å². The fourth-order valence-electron chi connectivity index (χ4n) is 3.19. The predicted molar refractivity (Wildman–Crippen MR) is 66.9 cm³/mol. The Morgan fingerprint density at radius 3 is 2.35 bits per heavy atom. The topological polar surface area (TPSA) is 38.7 Å². The Kier molecular flexibility index (Phi) is 4.83. The van der Waals surface area contributed by atoms with Crippen molar-refractivity contribution >= 4 is 0 Å². The summed E-state index contributed by atoms with van der Waals surface area (Å²) in [5.74, 6) is 0.477. The molecule has 1 heterocycles. The van der Waals surface area contributed by atoms with Crippen molar-refractivity contribution in [3.63, 3.8) is 0 Å². The third-order valence-corrected chi connectivity index (χ3v) is 4.10. The number of aliphatic hydroxyl groups excluding tert-OH is 1. The summed E-state index contributed by atoms with van der Waals surface area (Å²) in [4.78, 5) is 0. The van der Waals surface area contributed by atoms with Crippen LogP contribution in [-0.2, 0) is 9.47 Å². The van der Waals surface area contributed by atoms with Gasteiger partial charge in [0.05, 0.1) is 31.0 Å². The number of aliphatic hydroxyl groups is 1. The van der Waals surface area contributed by atoms with Gasteiger partial charge in [-0.05, 0) is 45.4 Å². The Balaban J connectivity index is 1.69. The zero-order valence-electron chi connectivity index (χ0n) is 11.1. The van der Waals surface area contributed by atoms with Crippen LogP contribution in [0.1, 0.15) is 52.4 Å². The van der Waals surface area contributed by atoms with Gasteiger partial charge in [-0.3, -0.25) is 0 Å². The normalized spacial score (nSPS) is 37.2. The van der Waals surface area contributed by atoms with Crippen molar-refractivity contribution in [2.75, 3.05) is 6.61 Å². The highest BCUT2D eigenvalue weighted by atomic mass is 16.5. The van der Waals surface area contributed by atoms with Crippen molar-refractivity contribution in [3.8, 4) is 0 Å².